The van der Waals surface area contributed by atoms with Gasteiger partial charge in [0, 0.05) is 11.9 Å². The Morgan fingerprint density at radius 2 is 1.79 bits per heavy atom. The zero-order valence-corrected chi connectivity index (χ0v) is 13.8. The molecule has 1 aliphatic rings. The van der Waals surface area contributed by atoms with Gasteiger partial charge in [0.2, 0.25) is 0 Å². The van der Waals surface area contributed by atoms with E-state index in [2.05, 4.69) is 41.9 Å². The molecule has 0 aromatic heterocycles. The third-order valence-electron chi connectivity index (χ3n) is 4.30. The van der Waals surface area contributed by atoms with Crippen LogP contribution in [0, 0.1) is 13.8 Å². The van der Waals surface area contributed by atoms with E-state index in [9.17, 15) is 0 Å². The lowest BCUT2D eigenvalue weighted by molar-refractivity contribution is -0.0773. The van der Waals surface area contributed by atoms with Crippen molar-refractivity contribution in [3.05, 3.63) is 28.8 Å². The Balaban J connectivity index is 2.17. The molecular formula is C16H23BrO2. The average molecular weight is 327 g/mol. The lowest BCUT2D eigenvalue weighted by atomic mass is 9.76. The molecule has 0 amide bonds. The highest BCUT2D eigenvalue weighted by Crippen LogP contribution is 2.45. The summed E-state index contributed by atoms with van der Waals surface area (Å²) < 4.78 is 11.1. The summed E-state index contributed by atoms with van der Waals surface area (Å²) in [7, 11) is 3.57. The van der Waals surface area contributed by atoms with Gasteiger partial charge < -0.3 is 9.47 Å². The van der Waals surface area contributed by atoms with Gasteiger partial charge in [-0.1, -0.05) is 28.1 Å². The van der Waals surface area contributed by atoms with Crippen LogP contribution in [0.1, 0.15) is 47.2 Å². The number of benzene rings is 1. The fourth-order valence-corrected chi connectivity index (χ4v) is 3.85. The monoisotopic (exact) mass is 326 g/mol. The summed E-state index contributed by atoms with van der Waals surface area (Å²) in [6.45, 7) is 4.20. The number of ether oxygens (including phenoxy) is 2. The van der Waals surface area contributed by atoms with Crippen molar-refractivity contribution in [1.82, 2.24) is 0 Å². The second kappa shape index (κ2) is 5.84. The molecule has 1 aromatic rings. The van der Waals surface area contributed by atoms with Gasteiger partial charge in [0.1, 0.15) is 5.75 Å². The lowest BCUT2D eigenvalue weighted by Gasteiger charge is -2.42. The molecule has 106 valence electrons. The summed E-state index contributed by atoms with van der Waals surface area (Å²) >= 11 is 3.83. The van der Waals surface area contributed by atoms with Gasteiger partial charge in [0.15, 0.2) is 0 Å². The van der Waals surface area contributed by atoms with Gasteiger partial charge in [-0.15, -0.1) is 0 Å². The van der Waals surface area contributed by atoms with Crippen molar-refractivity contribution in [2.24, 2.45) is 0 Å². The van der Waals surface area contributed by atoms with E-state index < -0.39 is 0 Å². The molecule has 1 aromatic carbocycles. The average Bonchev–Trinajstić information content (AvgIpc) is 2.33. The highest BCUT2D eigenvalue weighted by atomic mass is 79.9. The molecule has 2 rings (SSSR count). The van der Waals surface area contributed by atoms with E-state index in [0.717, 1.165) is 12.2 Å². The lowest BCUT2D eigenvalue weighted by Crippen LogP contribution is -2.39. The summed E-state index contributed by atoms with van der Waals surface area (Å²) in [6, 6.07) is 4.43. The Morgan fingerprint density at radius 1 is 1.21 bits per heavy atom. The van der Waals surface area contributed by atoms with Gasteiger partial charge >= 0.3 is 0 Å². The smallest absolute Gasteiger partial charge is 0.124 e. The first kappa shape index (κ1) is 14.9. The second-order valence-corrected chi connectivity index (χ2v) is 6.71. The summed E-state index contributed by atoms with van der Waals surface area (Å²) in [6.07, 6.45) is 4.68. The highest BCUT2D eigenvalue weighted by molar-refractivity contribution is 9.09. The third-order valence-corrected chi connectivity index (χ3v) is 5.15. The molecule has 0 radical (unpaired) electrons. The van der Waals surface area contributed by atoms with E-state index >= 15 is 0 Å². The summed E-state index contributed by atoms with van der Waals surface area (Å²) in [4.78, 5) is 0.344. The van der Waals surface area contributed by atoms with Crippen LogP contribution in [-0.2, 0) is 4.74 Å². The van der Waals surface area contributed by atoms with Crippen LogP contribution in [0.4, 0.5) is 0 Å². The zero-order chi connectivity index (χ0) is 14.0. The van der Waals surface area contributed by atoms with Crippen molar-refractivity contribution in [3.63, 3.8) is 0 Å². The van der Waals surface area contributed by atoms with Crippen LogP contribution in [-0.4, -0.2) is 19.8 Å². The van der Waals surface area contributed by atoms with Crippen molar-refractivity contribution in [2.75, 3.05) is 14.2 Å². The van der Waals surface area contributed by atoms with Crippen LogP contribution in [0.15, 0.2) is 12.1 Å². The SMILES string of the molecule is COc1c(C)cc(C(Br)CC2(OC)CCC2)cc1C. The van der Waals surface area contributed by atoms with E-state index in [1.165, 1.54) is 36.0 Å². The fourth-order valence-electron chi connectivity index (χ4n) is 2.99. The van der Waals surface area contributed by atoms with Crippen LogP contribution >= 0.6 is 15.9 Å². The molecule has 0 N–H and O–H groups in total. The van der Waals surface area contributed by atoms with Crippen LogP contribution in [0.3, 0.4) is 0 Å². The van der Waals surface area contributed by atoms with Crippen molar-refractivity contribution in [3.8, 4) is 5.75 Å². The number of aryl methyl sites for hydroxylation is 2. The van der Waals surface area contributed by atoms with Gasteiger partial charge in [-0.2, -0.15) is 0 Å². The molecule has 1 fully saturated rings. The van der Waals surface area contributed by atoms with E-state index in [-0.39, 0.29) is 5.60 Å². The van der Waals surface area contributed by atoms with Gasteiger partial charge in [-0.25, -0.2) is 0 Å². The minimum absolute atomic E-state index is 0.0932. The van der Waals surface area contributed by atoms with Crippen LogP contribution < -0.4 is 4.74 Å². The Morgan fingerprint density at radius 3 is 2.16 bits per heavy atom. The first-order chi connectivity index (χ1) is 9.01. The Hall–Kier alpha value is -0.540. The van der Waals surface area contributed by atoms with Crippen molar-refractivity contribution >= 4 is 15.9 Å². The maximum absolute atomic E-state index is 5.72. The normalized spacial score (nSPS) is 18.8. The molecule has 1 unspecified atom stereocenters. The predicted molar refractivity (Wildman–Crippen MR) is 82.3 cm³/mol. The van der Waals surface area contributed by atoms with Crippen LogP contribution in [0.5, 0.6) is 5.75 Å². The predicted octanol–water partition coefficient (Wildman–Crippen LogP) is 4.71. The van der Waals surface area contributed by atoms with Crippen LogP contribution in [0.2, 0.25) is 0 Å². The van der Waals surface area contributed by atoms with E-state index in [1.807, 2.05) is 7.11 Å². The Labute approximate surface area is 124 Å². The third kappa shape index (κ3) is 2.97. The van der Waals surface area contributed by atoms with Crippen molar-refractivity contribution < 1.29 is 9.47 Å². The number of rotatable bonds is 5. The maximum Gasteiger partial charge on any atom is 0.124 e. The molecule has 19 heavy (non-hydrogen) atoms. The minimum Gasteiger partial charge on any atom is -0.496 e. The maximum atomic E-state index is 5.72. The summed E-state index contributed by atoms with van der Waals surface area (Å²) in [5.41, 5.74) is 3.80. The zero-order valence-electron chi connectivity index (χ0n) is 12.3. The molecule has 2 nitrogen and oxygen atoms in total. The van der Waals surface area contributed by atoms with Crippen LogP contribution in [0.25, 0.3) is 0 Å². The molecule has 0 spiro atoms. The number of hydrogen-bond acceptors (Lipinski definition) is 2. The van der Waals surface area contributed by atoms with E-state index in [4.69, 9.17) is 9.47 Å². The van der Waals surface area contributed by atoms with E-state index in [1.54, 1.807) is 7.11 Å². The fraction of sp³-hybridized carbons (Fsp3) is 0.625. The quantitative estimate of drug-likeness (QED) is 0.729. The summed E-state index contributed by atoms with van der Waals surface area (Å²) in [5, 5.41) is 0. The standard InChI is InChI=1S/C16H23BrO2/c1-11-8-13(9-12(2)15(11)18-3)14(17)10-16(19-4)6-5-7-16/h8-9,14H,5-7,10H2,1-4H3. The topological polar surface area (TPSA) is 18.5 Å². The Bertz CT molecular complexity index is 424. The van der Waals surface area contributed by atoms with Gasteiger partial charge in [-0.3, -0.25) is 0 Å². The molecule has 0 aliphatic heterocycles. The largest absolute Gasteiger partial charge is 0.496 e. The van der Waals surface area contributed by atoms with Gasteiger partial charge in [-0.05, 0) is 56.2 Å². The first-order valence-electron chi connectivity index (χ1n) is 6.86. The highest BCUT2D eigenvalue weighted by Gasteiger charge is 2.38. The molecule has 1 aliphatic carbocycles. The van der Waals surface area contributed by atoms with Gasteiger partial charge in [0.05, 0.1) is 12.7 Å². The molecule has 0 saturated heterocycles. The number of halogens is 1. The van der Waals surface area contributed by atoms with Crippen molar-refractivity contribution in [1.29, 1.82) is 0 Å². The van der Waals surface area contributed by atoms with Crippen molar-refractivity contribution in [2.45, 2.75) is 50.0 Å². The second-order valence-electron chi connectivity index (χ2n) is 5.60. The first-order valence-corrected chi connectivity index (χ1v) is 7.77. The number of alkyl halides is 1. The molecule has 0 heterocycles. The number of methoxy groups -OCH3 is 2. The minimum atomic E-state index is 0.0932. The molecule has 1 atom stereocenters. The van der Waals surface area contributed by atoms with E-state index in [0.29, 0.717) is 4.83 Å². The Kier molecular flexibility index (Phi) is 4.57. The molecular weight excluding hydrogens is 304 g/mol. The molecule has 1 saturated carbocycles. The number of hydrogen-bond donors (Lipinski definition) is 0. The molecule has 3 heteroatoms. The van der Waals surface area contributed by atoms with Gasteiger partial charge in [0.25, 0.3) is 0 Å². The molecule has 0 bridgehead atoms. The summed E-state index contributed by atoms with van der Waals surface area (Å²) in [5.74, 6) is 0.994.